The molecule has 0 aliphatic carbocycles. The van der Waals surface area contributed by atoms with Crippen molar-refractivity contribution < 1.29 is 0 Å². The Morgan fingerprint density at radius 3 is 2.83 bits per heavy atom. The predicted octanol–water partition coefficient (Wildman–Crippen LogP) is 2.40. The molecule has 3 aromatic rings. The maximum absolute atomic E-state index is 5.96. The Bertz CT molecular complexity index is 705. The van der Waals surface area contributed by atoms with Gasteiger partial charge >= 0.3 is 0 Å². The zero-order valence-corrected chi connectivity index (χ0v) is 10.4. The van der Waals surface area contributed by atoms with Gasteiger partial charge < -0.3 is 11.5 Å². The lowest BCUT2D eigenvalue weighted by Crippen LogP contribution is -1.96. The van der Waals surface area contributed by atoms with E-state index in [1.54, 1.807) is 17.5 Å². The average Bonchev–Trinajstić information content (AvgIpc) is 2.81. The number of nitrogen functional groups attached to an aromatic ring is 1. The number of rotatable bonds is 2. The van der Waals surface area contributed by atoms with Crippen LogP contribution in [-0.2, 0) is 6.54 Å². The molecular weight excluding hydrogens is 244 g/mol. The van der Waals surface area contributed by atoms with Gasteiger partial charge in [-0.2, -0.15) is 0 Å². The molecule has 0 amide bonds. The largest absolute Gasteiger partial charge is 0.398 e. The summed E-state index contributed by atoms with van der Waals surface area (Å²) in [6, 6.07) is 9.69. The van der Waals surface area contributed by atoms with Crippen molar-refractivity contribution in [2.45, 2.75) is 6.54 Å². The summed E-state index contributed by atoms with van der Waals surface area (Å²) < 4.78 is 0. The first kappa shape index (κ1) is 11.1. The molecule has 2 heterocycles. The number of fused-ring (bicyclic) bond motifs is 1. The fraction of sp³-hybridized carbons (Fsp3) is 0.0769. The van der Waals surface area contributed by atoms with Gasteiger partial charge in [0.05, 0.1) is 0 Å². The van der Waals surface area contributed by atoms with Gasteiger partial charge in [0.2, 0.25) is 0 Å². The van der Waals surface area contributed by atoms with Crippen LogP contribution in [0.25, 0.3) is 20.9 Å². The van der Waals surface area contributed by atoms with Crippen molar-refractivity contribution in [3.05, 3.63) is 42.1 Å². The molecule has 90 valence electrons. The third kappa shape index (κ3) is 1.83. The number of nitrogens with two attached hydrogens (primary N) is 2. The SMILES string of the molecule is NCc1cnc2sc(-c3ccccc3N)nc2c1. The van der Waals surface area contributed by atoms with Gasteiger partial charge in [0, 0.05) is 24.0 Å². The first-order chi connectivity index (χ1) is 8.78. The number of thiazole rings is 1. The van der Waals surface area contributed by atoms with Gasteiger partial charge in [-0.05, 0) is 23.8 Å². The Balaban J connectivity index is 2.17. The van der Waals surface area contributed by atoms with Crippen molar-refractivity contribution >= 4 is 27.4 Å². The molecule has 4 nitrogen and oxygen atoms in total. The Morgan fingerprint density at radius 1 is 1.22 bits per heavy atom. The van der Waals surface area contributed by atoms with Crippen LogP contribution in [0, 0.1) is 0 Å². The summed E-state index contributed by atoms with van der Waals surface area (Å²) in [7, 11) is 0. The lowest BCUT2D eigenvalue weighted by molar-refractivity contribution is 1.06. The summed E-state index contributed by atoms with van der Waals surface area (Å²) >= 11 is 1.54. The number of para-hydroxylation sites is 1. The van der Waals surface area contributed by atoms with E-state index in [1.807, 2.05) is 30.3 Å². The monoisotopic (exact) mass is 256 g/mol. The first-order valence-corrected chi connectivity index (χ1v) is 6.40. The van der Waals surface area contributed by atoms with E-state index in [1.165, 1.54) is 0 Å². The molecule has 0 aliphatic heterocycles. The summed E-state index contributed by atoms with van der Waals surface area (Å²) in [4.78, 5) is 9.84. The van der Waals surface area contributed by atoms with E-state index in [4.69, 9.17) is 11.5 Å². The third-order valence-electron chi connectivity index (χ3n) is 2.73. The highest BCUT2D eigenvalue weighted by atomic mass is 32.1. The van der Waals surface area contributed by atoms with Crippen molar-refractivity contribution in [3.8, 4) is 10.6 Å². The number of benzene rings is 1. The van der Waals surface area contributed by atoms with Crippen molar-refractivity contribution in [1.82, 2.24) is 9.97 Å². The highest BCUT2D eigenvalue weighted by Crippen LogP contribution is 2.32. The van der Waals surface area contributed by atoms with Crippen LogP contribution >= 0.6 is 11.3 Å². The fourth-order valence-electron chi connectivity index (χ4n) is 1.78. The van der Waals surface area contributed by atoms with E-state index in [0.717, 1.165) is 32.2 Å². The third-order valence-corrected chi connectivity index (χ3v) is 3.74. The van der Waals surface area contributed by atoms with Gasteiger partial charge in [0.25, 0.3) is 0 Å². The average molecular weight is 256 g/mol. The Hall–Kier alpha value is -1.98. The quantitative estimate of drug-likeness (QED) is 0.690. The maximum Gasteiger partial charge on any atom is 0.143 e. The molecule has 0 unspecified atom stereocenters. The van der Waals surface area contributed by atoms with E-state index >= 15 is 0 Å². The van der Waals surface area contributed by atoms with Crippen LogP contribution in [0.15, 0.2) is 36.5 Å². The van der Waals surface area contributed by atoms with Gasteiger partial charge in [-0.15, -0.1) is 0 Å². The molecule has 0 saturated heterocycles. The van der Waals surface area contributed by atoms with Crippen LogP contribution in [0.1, 0.15) is 5.56 Å². The van der Waals surface area contributed by atoms with Gasteiger partial charge in [-0.3, -0.25) is 0 Å². The smallest absolute Gasteiger partial charge is 0.143 e. The molecule has 0 saturated carbocycles. The zero-order valence-electron chi connectivity index (χ0n) is 9.63. The van der Waals surface area contributed by atoms with E-state index in [2.05, 4.69) is 9.97 Å². The first-order valence-electron chi connectivity index (χ1n) is 5.58. The van der Waals surface area contributed by atoms with Gasteiger partial charge in [0.15, 0.2) is 0 Å². The Kier molecular flexibility index (Phi) is 2.70. The topological polar surface area (TPSA) is 77.8 Å². The number of aromatic nitrogens is 2. The molecular formula is C13H12N4S. The van der Waals surface area contributed by atoms with Crippen LogP contribution in [0.3, 0.4) is 0 Å². The maximum atomic E-state index is 5.96. The van der Waals surface area contributed by atoms with Crippen LogP contribution < -0.4 is 11.5 Å². The number of nitrogens with zero attached hydrogens (tertiary/aromatic N) is 2. The van der Waals surface area contributed by atoms with Crippen LogP contribution in [0.5, 0.6) is 0 Å². The normalized spacial score (nSPS) is 10.9. The Morgan fingerprint density at radius 2 is 2.06 bits per heavy atom. The number of anilines is 1. The molecule has 0 fully saturated rings. The molecule has 0 radical (unpaired) electrons. The number of hydrogen-bond acceptors (Lipinski definition) is 5. The molecule has 1 aromatic carbocycles. The van der Waals surface area contributed by atoms with E-state index in [9.17, 15) is 0 Å². The molecule has 3 rings (SSSR count). The van der Waals surface area contributed by atoms with E-state index in [0.29, 0.717) is 6.54 Å². The number of hydrogen-bond donors (Lipinski definition) is 2. The number of pyridine rings is 1. The minimum Gasteiger partial charge on any atom is -0.398 e. The van der Waals surface area contributed by atoms with Crippen molar-refractivity contribution in [1.29, 1.82) is 0 Å². The molecule has 0 atom stereocenters. The van der Waals surface area contributed by atoms with Gasteiger partial charge in [-0.1, -0.05) is 23.5 Å². The molecule has 5 heteroatoms. The van der Waals surface area contributed by atoms with Gasteiger partial charge in [-0.25, -0.2) is 9.97 Å². The predicted molar refractivity (Wildman–Crippen MR) is 75.2 cm³/mol. The summed E-state index contributed by atoms with van der Waals surface area (Å²) in [5.41, 5.74) is 15.1. The van der Waals surface area contributed by atoms with Crippen LogP contribution in [-0.4, -0.2) is 9.97 Å². The van der Waals surface area contributed by atoms with Crippen molar-refractivity contribution in [2.75, 3.05) is 5.73 Å². The van der Waals surface area contributed by atoms with Crippen molar-refractivity contribution in [3.63, 3.8) is 0 Å². The second-order valence-corrected chi connectivity index (χ2v) is 4.96. The zero-order chi connectivity index (χ0) is 12.5. The summed E-state index contributed by atoms with van der Waals surface area (Å²) in [6.07, 6.45) is 1.79. The molecule has 2 aromatic heterocycles. The minimum atomic E-state index is 0.475. The summed E-state index contributed by atoms with van der Waals surface area (Å²) in [5, 5.41) is 0.893. The molecule has 4 N–H and O–H groups in total. The van der Waals surface area contributed by atoms with Crippen LogP contribution in [0.4, 0.5) is 5.69 Å². The molecule has 0 spiro atoms. The lowest BCUT2D eigenvalue weighted by Gasteiger charge is -1.99. The van der Waals surface area contributed by atoms with Gasteiger partial charge in [0.1, 0.15) is 15.4 Å². The van der Waals surface area contributed by atoms with Crippen molar-refractivity contribution in [2.24, 2.45) is 5.73 Å². The lowest BCUT2D eigenvalue weighted by atomic mass is 10.2. The van der Waals surface area contributed by atoms with E-state index < -0.39 is 0 Å². The summed E-state index contributed by atoms with van der Waals surface area (Å²) in [6.45, 7) is 0.475. The van der Waals surface area contributed by atoms with Crippen LogP contribution in [0.2, 0.25) is 0 Å². The minimum absolute atomic E-state index is 0.475. The summed E-state index contributed by atoms with van der Waals surface area (Å²) in [5.74, 6) is 0. The molecule has 0 bridgehead atoms. The van der Waals surface area contributed by atoms with E-state index in [-0.39, 0.29) is 0 Å². The second-order valence-electron chi connectivity index (χ2n) is 3.98. The second kappa shape index (κ2) is 4.36. The molecule has 0 aliphatic rings. The highest BCUT2D eigenvalue weighted by Gasteiger charge is 2.09. The molecule has 18 heavy (non-hydrogen) atoms. The fourth-order valence-corrected chi connectivity index (χ4v) is 2.72. The Labute approximate surface area is 108 Å². The highest BCUT2D eigenvalue weighted by molar-refractivity contribution is 7.21. The standard InChI is InChI=1S/C13H12N4S/c14-6-8-5-11-13(16-7-8)18-12(17-11)9-3-1-2-4-10(9)15/h1-5,7H,6,14-15H2.